The number of hydrogen-bond donors (Lipinski definition) is 1. The first-order chi connectivity index (χ1) is 11.4. The van der Waals surface area contributed by atoms with Crippen molar-refractivity contribution in [2.45, 2.75) is 50.0 Å². The Morgan fingerprint density at radius 2 is 1.83 bits per heavy atom. The average molecular weight is 354 g/mol. The van der Waals surface area contributed by atoms with Gasteiger partial charge in [-0.2, -0.15) is 4.31 Å². The van der Waals surface area contributed by atoms with Gasteiger partial charge in [0.2, 0.25) is 15.9 Å². The molecule has 1 N–H and O–H groups in total. The highest BCUT2D eigenvalue weighted by molar-refractivity contribution is 7.89. The van der Waals surface area contributed by atoms with E-state index in [-0.39, 0.29) is 23.4 Å². The van der Waals surface area contributed by atoms with Crippen LogP contribution in [0.15, 0.2) is 29.2 Å². The fraction of sp³-hybridized carbons (Fsp3) is 0.588. The molecular formula is C17H26N2O4S. The lowest BCUT2D eigenvalue weighted by Gasteiger charge is -2.24. The van der Waals surface area contributed by atoms with E-state index in [1.54, 1.807) is 12.1 Å². The van der Waals surface area contributed by atoms with Crippen molar-refractivity contribution in [2.75, 3.05) is 20.2 Å². The fourth-order valence-electron chi connectivity index (χ4n) is 2.86. The van der Waals surface area contributed by atoms with Crippen molar-refractivity contribution in [3.63, 3.8) is 0 Å². The van der Waals surface area contributed by atoms with E-state index in [9.17, 15) is 13.2 Å². The molecule has 1 saturated carbocycles. The van der Waals surface area contributed by atoms with Gasteiger partial charge in [0, 0.05) is 13.1 Å². The average Bonchev–Trinajstić information content (AvgIpc) is 2.56. The Labute approximate surface area is 144 Å². The van der Waals surface area contributed by atoms with E-state index < -0.39 is 10.0 Å². The summed E-state index contributed by atoms with van der Waals surface area (Å²) in [5, 5.41) is 2.93. The molecule has 6 nitrogen and oxygen atoms in total. The summed E-state index contributed by atoms with van der Waals surface area (Å²) in [5.74, 6) is 0.369. The molecule has 0 atom stereocenters. The molecule has 1 fully saturated rings. The van der Waals surface area contributed by atoms with Crippen molar-refractivity contribution in [3.05, 3.63) is 24.3 Å². The SMILES string of the molecule is CCOc1ccc(S(=O)(=O)N(C)CC(=O)NC2CCCCC2)cc1. The summed E-state index contributed by atoms with van der Waals surface area (Å²) in [6, 6.07) is 6.40. The molecule has 1 aromatic rings. The molecule has 1 amide bonds. The first-order valence-corrected chi connectivity index (χ1v) is 9.86. The number of nitrogens with one attached hydrogen (secondary N) is 1. The molecule has 1 aromatic carbocycles. The van der Waals surface area contributed by atoms with E-state index in [1.807, 2.05) is 6.92 Å². The zero-order chi connectivity index (χ0) is 17.6. The lowest BCUT2D eigenvalue weighted by molar-refractivity contribution is -0.122. The Bertz CT molecular complexity index is 637. The second-order valence-electron chi connectivity index (χ2n) is 6.07. The van der Waals surface area contributed by atoms with Crippen molar-refractivity contribution in [1.29, 1.82) is 0 Å². The van der Waals surface area contributed by atoms with E-state index in [0.717, 1.165) is 30.0 Å². The second kappa shape index (κ2) is 8.48. The number of likely N-dealkylation sites (N-methyl/N-ethyl adjacent to an activating group) is 1. The smallest absolute Gasteiger partial charge is 0.243 e. The molecule has 0 heterocycles. The topological polar surface area (TPSA) is 75.7 Å². The van der Waals surface area contributed by atoms with Crippen LogP contribution >= 0.6 is 0 Å². The third kappa shape index (κ3) is 4.95. The number of ether oxygens (including phenoxy) is 1. The van der Waals surface area contributed by atoms with Crippen LogP contribution in [-0.2, 0) is 14.8 Å². The van der Waals surface area contributed by atoms with Crippen LogP contribution in [0.3, 0.4) is 0 Å². The van der Waals surface area contributed by atoms with Gasteiger partial charge in [-0.25, -0.2) is 8.42 Å². The minimum atomic E-state index is -3.69. The van der Waals surface area contributed by atoms with Crippen molar-refractivity contribution in [2.24, 2.45) is 0 Å². The van der Waals surface area contributed by atoms with Gasteiger partial charge < -0.3 is 10.1 Å². The lowest BCUT2D eigenvalue weighted by atomic mass is 9.95. The third-order valence-electron chi connectivity index (χ3n) is 4.18. The van der Waals surface area contributed by atoms with Gasteiger partial charge in [-0.05, 0) is 44.0 Å². The monoisotopic (exact) mass is 354 g/mol. The van der Waals surface area contributed by atoms with Crippen molar-refractivity contribution in [1.82, 2.24) is 9.62 Å². The van der Waals surface area contributed by atoms with E-state index in [2.05, 4.69) is 5.32 Å². The molecule has 2 rings (SSSR count). The highest BCUT2D eigenvalue weighted by Crippen LogP contribution is 2.19. The van der Waals surface area contributed by atoms with Crippen molar-refractivity contribution >= 4 is 15.9 Å². The van der Waals surface area contributed by atoms with E-state index >= 15 is 0 Å². The predicted molar refractivity (Wildman–Crippen MR) is 92.4 cm³/mol. The molecule has 0 unspecified atom stereocenters. The molecule has 0 bridgehead atoms. The summed E-state index contributed by atoms with van der Waals surface area (Å²) in [6.45, 7) is 2.21. The standard InChI is InChI=1S/C17H26N2O4S/c1-3-23-15-9-11-16(12-10-15)24(21,22)19(2)13-17(20)18-14-7-5-4-6-8-14/h9-12,14H,3-8,13H2,1-2H3,(H,18,20). The number of carbonyl (C=O) groups excluding carboxylic acids is 1. The number of rotatable bonds is 7. The molecule has 1 aliphatic rings. The summed E-state index contributed by atoms with van der Waals surface area (Å²) in [5.41, 5.74) is 0. The quantitative estimate of drug-likeness (QED) is 0.814. The molecule has 1 aliphatic carbocycles. The van der Waals surface area contributed by atoms with Gasteiger partial charge >= 0.3 is 0 Å². The molecule has 0 saturated heterocycles. The molecule has 0 spiro atoms. The van der Waals surface area contributed by atoms with Gasteiger partial charge in [0.25, 0.3) is 0 Å². The van der Waals surface area contributed by atoms with E-state index in [4.69, 9.17) is 4.74 Å². The van der Waals surface area contributed by atoms with Crippen molar-refractivity contribution < 1.29 is 17.9 Å². The number of carbonyl (C=O) groups is 1. The van der Waals surface area contributed by atoms with Crippen LogP contribution in [-0.4, -0.2) is 44.9 Å². The van der Waals surface area contributed by atoms with Gasteiger partial charge in [0.1, 0.15) is 5.75 Å². The number of amides is 1. The summed E-state index contributed by atoms with van der Waals surface area (Å²) in [4.78, 5) is 12.3. The molecule has 0 aromatic heterocycles. The maximum Gasteiger partial charge on any atom is 0.243 e. The molecular weight excluding hydrogens is 328 g/mol. The minimum Gasteiger partial charge on any atom is -0.494 e. The molecule has 24 heavy (non-hydrogen) atoms. The zero-order valence-corrected chi connectivity index (χ0v) is 15.1. The Hall–Kier alpha value is -1.60. The first kappa shape index (κ1) is 18.7. The van der Waals surface area contributed by atoms with Crippen LogP contribution < -0.4 is 10.1 Å². The lowest BCUT2D eigenvalue weighted by Crippen LogP contribution is -2.43. The minimum absolute atomic E-state index is 0.152. The van der Waals surface area contributed by atoms with Gasteiger partial charge in [0.15, 0.2) is 0 Å². The van der Waals surface area contributed by atoms with Crippen LogP contribution in [0.1, 0.15) is 39.0 Å². The Morgan fingerprint density at radius 3 is 2.42 bits per heavy atom. The Balaban J connectivity index is 1.96. The van der Waals surface area contributed by atoms with Gasteiger partial charge in [0.05, 0.1) is 18.0 Å². The van der Waals surface area contributed by atoms with Gasteiger partial charge in [-0.15, -0.1) is 0 Å². The van der Waals surface area contributed by atoms with Crippen LogP contribution in [0.4, 0.5) is 0 Å². The summed E-state index contributed by atoms with van der Waals surface area (Å²) < 4.78 is 31.5. The molecule has 0 radical (unpaired) electrons. The largest absolute Gasteiger partial charge is 0.494 e. The molecule has 0 aliphatic heterocycles. The van der Waals surface area contributed by atoms with E-state index in [0.29, 0.717) is 12.4 Å². The third-order valence-corrected chi connectivity index (χ3v) is 6.00. The van der Waals surface area contributed by atoms with Crippen molar-refractivity contribution in [3.8, 4) is 5.75 Å². The van der Waals surface area contributed by atoms with Crippen LogP contribution in [0.5, 0.6) is 5.75 Å². The number of nitrogens with zero attached hydrogens (tertiary/aromatic N) is 1. The normalized spacial score (nSPS) is 16.1. The maximum absolute atomic E-state index is 12.5. The summed E-state index contributed by atoms with van der Waals surface area (Å²) >= 11 is 0. The highest BCUT2D eigenvalue weighted by Gasteiger charge is 2.24. The Morgan fingerprint density at radius 1 is 1.21 bits per heavy atom. The van der Waals surface area contributed by atoms with Gasteiger partial charge in [-0.3, -0.25) is 4.79 Å². The summed E-state index contributed by atoms with van der Waals surface area (Å²) in [6.07, 6.45) is 5.39. The van der Waals surface area contributed by atoms with E-state index in [1.165, 1.54) is 25.6 Å². The predicted octanol–water partition coefficient (Wildman–Crippen LogP) is 2.15. The fourth-order valence-corrected chi connectivity index (χ4v) is 3.99. The second-order valence-corrected chi connectivity index (χ2v) is 8.11. The highest BCUT2D eigenvalue weighted by atomic mass is 32.2. The number of sulfonamides is 1. The first-order valence-electron chi connectivity index (χ1n) is 8.42. The van der Waals surface area contributed by atoms with Crippen LogP contribution in [0.2, 0.25) is 0 Å². The Kier molecular flexibility index (Phi) is 6.62. The number of hydrogen-bond acceptors (Lipinski definition) is 4. The van der Waals surface area contributed by atoms with Crippen LogP contribution in [0, 0.1) is 0 Å². The summed E-state index contributed by atoms with van der Waals surface area (Å²) in [7, 11) is -2.27. The number of benzene rings is 1. The molecule has 134 valence electrons. The van der Waals surface area contributed by atoms with Crippen LogP contribution in [0.25, 0.3) is 0 Å². The molecule has 7 heteroatoms. The van der Waals surface area contributed by atoms with Gasteiger partial charge in [-0.1, -0.05) is 19.3 Å². The zero-order valence-electron chi connectivity index (χ0n) is 14.3. The maximum atomic E-state index is 12.5.